The lowest BCUT2D eigenvalue weighted by atomic mass is 9.78. The van der Waals surface area contributed by atoms with Crippen LogP contribution < -0.4 is 4.90 Å². The quantitative estimate of drug-likeness (QED) is 0.511. The second kappa shape index (κ2) is 6.70. The molecule has 4 heterocycles. The summed E-state index contributed by atoms with van der Waals surface area (Å²) < 4.78 is 0. The van der Waals surface area contributed by atoms with Gasteiger partial charge in [-0.2, -0.15) is 5.10 Å². The summed E-state index contributed by atoms with van der Waals surface area (Å²) in [7, 11) is 0. The SMILES string of the molecule is Cc1ccc(-c2ccc([C@@H]3[C@H](C4CC4)C(=O)N3c3ccc4[nH]cnc4c3)c(C)n2)nn1. The van der Waals surface area contributed by atoms with Crippen LogP contribution in [-0.4, -0.2) is 31.1 Å². The van der Waals surface area contributed by atoms with Crippen molar-refractivity contribution in [2.75, 3.05) is 4.90 Å². The van der Waals surface area contributed by atoms with Crippen molar-refractivity contribution in [3.05, 3.63) is 65.7 Å². The second-order valence-electron chi connectivity index (χ2n) is 8.55. The number of anilines is 1. The Bertz CT molecular complexity index is 1310. The van der Waals surface area contributed by atoms with Gasteiger partial charge in [0.1, 0.15) is 5.69 Å². The third-order valence-electron chi connectivity index (χ3n) is 6.46. The summed E-state index contributed by atoms with van der Waals surface area (Å²) in [6, 6.07) is 13.9. The van der Waals surface area contributed by atoms with E-state index in [1.54, 1.807) is 6.33 Å². The van der Waals surface area contributed by atoms with Crippen LogP contribution in [-0.2, 0) is 4.79 Å². The van der Waals surface area contributed by atoms with Crippen LogP contribution in [0, 0.1) is 25.7 Å². The van der Waals surface area contributed by atoms with E-state index in [-0.39, 0.29) is 17.9 Å². The molecule has 1 saturated carbocycles. The van der Waals surface area contributed by atoms with Gasteiger partial charge in [-0.05, 0) is 74.6 Å². The zero-order valence-electron chi connectivity index (χ0n) is 17.4. The molecule has 0 radical (unpaired) electrons. The van der Waals surface area contributed by atoms with Gasteiger partial charge in [0.2, 0.25) is 5.91 Å². The molecule has 2 aliphatic rings. The normalized spacial score (nSPS) is 20.8. The molecule has 1 N–H and O–H groups in total. The van der Waals surface area contributed by atoms with Crippen molar-refractivity contribution in [1.82, 2.24) is 25.1 Å². The number of aromatic nitrogens is 5. The first-order chi connectivity index (χ1) is 15.1. The number of benzene rings is 1. The monoisotopic (exact) mass is 410 g/mol. The molecular formula is C24H22N6O. The highest BCUT2D eigenvalue weighted by Crippen LogP contribution is 2.54. The predicted molar refractivity (Wildman–Crippen MR) is 117 cm³/mol. The molecule has 0 spiro atoms. The molecule has 1 amide bonds. The molecule has 7 heteroatoms. The molecule has 1 aromatic carbocycles. The maximum absolute atomic E-state index is 13.2. The second-order valence-corrected chi connectivity index (χ2v) is 8.55. The van der Waals surface area contributed by atoms with E-state index in [2.05, 4.69) is 26.2 Å². The number of carbonyl (C=O) groups is 1. The molecule has 7 nitrogen and oxygen atoms in total. The van der Waals surface area contributed by atoms with Crippen molar-refractivity contribution in [3.63, 3.8) is 0 Å². The predicted octanol–water partition coefficient (Wildman–Crippen LogP) is 4.15. The van der Waals surface area contributed by atoms with Gasteiger partial charge >= 0.3 is 0 Å². The van der Waals surface area contributed by atoms with E-state index < -0.39 is 0 Å². The van der Waals surface area contributed by atoms with E-state index in [4.69, 9.17) is 4.98 Å². The maximum Gasteiger partial charge on any atom is 0.233 e. The topological polar surface area (TPSA) is 87.7 Å². The number of carbonyl (C=O) groups excluding carboxylic acids is 1. The molecule has 6 rings (SSSR count). The molecule has 2 atom stereocenters. The number of aromatic amines is 1. The zero-order valence-corrected chi connectivity index (χ0v) is 17.4. The minimum Gasteiger partial charge on any atom is -0.345 e. The molecule has 1 aliphatic carbocycles. The fourth-order valence-corrected chi connectivity index (χ4v) is 4.68. The Kier molecular flexibility index (Phi) is 3.93. The van der Waals surface area contributed by atoms with Crippen LogP contribution in [0.4, 0.5) is 5.69 Å². The molecule has 0 bridgehead atoms. The average Bonchev–Trinajstić information content (AvgIpc) is 3.47. The molecular weight excluding hydrogens is 388 g/mol. The molecule has 2 fully saturated rings. The summed E-state index contributed by atoms with van der Waals surface area (Å²) in [5.74, 6) is 0.709. The Balaban J connectivity index is 1.39. The van der Waals surface area contributed by atoms with E-state index in [0.29, 0.717) is 5.92 Å². The third kappa shape index (κ3) is 2.91. The minimum absolute atomic E-state index is 0.00189. The third-order valence-corrected chi connectivity index (χ3v) is 6.46. The maximum atomic E-state index is 13.2. The summed E-state index contributed by atoms with van der Waals surface area (Å²) in [6.07, 6.45) is 3.93. The number of fused-ring (bicyclic) bond motifs is 1. The summed E-state index contributed by atoms with van der Waals surface area (Å²) in [6.45, 7) is 3.93. The van der Waals surface area contributed by atoms with E-state index in [1.807, 2.05) is 55.1 Å². The van der Waals surface area contributed by atoms with Crippen LogP contribution in [0.15, 0.2) is 48.8 Å². The fraction of sp³-hybridized carbons (Fsp3) is 0.292. The largest absolute Gasteiger partial charge is 0.345 e. The molecule has 31 heavy (non-hydrogen) atoms. The number of nitrogens with one attached hydrogen (secondary N) is 1. The fourth-order valence-electron chi connectivity index (χ4n) is 4.68. The van der Waals surface area contributed by atoms with Crippen molar-refractivity contribution < 1.29 is 4.79 Å². The molecule has 4 aromatic rings. The number of rotatable bonds is 4. The van der Waals surface area contributed by atoms with E-state index in [9.17, 15) is 4.79 Å². The van der Waals surface area contributed by atoms with Gasteiger partial charge in [-0.1, -0.05) is 6.07 Å². The Morgan fingerprint density at radius 2 is 1.84 bits per heavy atom. The van der Waals surface area contributed by atoms with Gasteiger partial charge in [-0.25, -0.2) is 4.98 Å². The average molecular weight is 410 g/mol. The van der Waals surface area contributed by atoms with Crippen molar-refractivity contribution >= 4 is 22.6 Å². The number of imidazole rings is 1. The number of nitrogens with zero attached hydrogens (tertiary/aromatic N) is 5. The first-order valence-corrected chi connectivity index (χ1v) is 10.6. The molecule has 0 unspecified atom stereocenters. The van der Waals surface area contributed by atoms with Crippen LogP contribution in [0.5, 0.6) is 0 Å². The van der Waals surface area contributed by atoms with Gasteiger partial charge in [-0.3, -0.25) is 9.78 Å². The Labute approximate surface area is 179 Å². The Morgan fingerprint density at radius 3 is 2.58 bits per heavy atom. The first-order valence-electron chi connectivity index (χ1n) is 10.6. The smallest absolute Gasteiger partial charge is 0.233 e. The van der Waals surface area contributed by atoms with Gasteiger partial charge in [0.05, 0.1) is 40.7 Å². The summed E-state index contributed by atoms with van der Waals surface area (Å²) >= 11 is 0. The number of hydrogen-bond acceptors (Lipinski definition) is 5. The number of hydrogen-bond donors (Lipinski definition) is 1. The lowest BCUT2D eigenvalue weighted by molar-refractivity contribution is -0.131. The van der Waals surface area contributed by atoms with Crippen molar-refractivity contribution in [1.29, 1.82) is 0 Å². The molecule has 1 saturated heterocycles. The van der Waals surface area contributed by atoms with Crippen LogP contribution in [0.2, 0.25) is 0 Å². The molecule has 1 aliphatic heterocycles. The van der Waals surface area contributed by atoms with Gasteiger partial charge in [0.15, 0.2) is 0 Å². The number of pyridine rings is 1. The van der Waals surface area contributed by atoms with Crippen molar-refractivity contribution in [3.8, 4) is 11.4 Å². The van der Waals surface area contributed by atoms with Crippen LogP contribution >= 0.6 is 0 Å². The van der Waals surface area contributed by atoms with Crippen molar-refractivity contribution in [2.45, 2.75) is 32.7 Å². The highest BCUT2D eigenvalue weighted by atomic mass is 16.2. The highest BCUT2D eigenvalue weighted by Gasteiger charge is 2.55. The number of β-lactam (4-membered cyclic amide) rings is 1. The van der Waals surface area contributed by atoms with Gasteiger partial charge < -0.3 is 9.88 Å². The van der Waals surface area contributed by atoms with Crippen molar-refractivity contribution in [2.24, 2.45) is 11.8 Å². The summed E-state index contributed by atoms with van der Waals surface area (Å²) in [5, 5.41) is 8.41. The van der Waals surface area contributed by atoms with Crippen LogP contribution in [0.25, 0.3) is 22.4 Å². The summed E-state index contributed by atoms with van der Waals surface area (Å²) in [5.41, 5.74) is 7.17. The van der Waals surface area contributed by atoms with Gasteiger partial charge in [0, 0.05) is 11.4 Å². The van der Waals surface area contributed by atoms with E-state index in [1.165, 1.54) is 0 Å². The zero-order chi connectivity index (χ0) is 21.1. The highest BCUT2D eigenvalue weighted by molar-refractivity contribution is 6.04. The first kappa shape index (κ1) is 18.2. The Hall–Kier alpha value is -3.61. The Morgan fingerprint density at radius 1 is 1.00 bits per heavy atom. The number of H-pyrrole nitrogens is 1. The van der Waals surface area contributed by atoms with Crippen LogP contribution in [0.3, 0.4) is 0 Å². The molecule has 3 aromatic heterocycles. The number of amides is 1. The molecule has 154 valence electrons. The lowest BCUT2D eigenvalue weighted by Crippen LogP contribution is -2.56. The minimum atomic E-state index is 0.00189. The van der Waals surface area contributed by atoms with E-state index in [0.717, 1.165) is 57.9 Å². The summed E-state index contributed by atoms with van der Waals surface area (Å²) in [4.78, 5) is 27.4. The number of aryl methyl sites for hydroxylation is 2. The lowest BCUT2D eigenvalue weighted by Gasteiger charge is -2.48. The van der Waals surface area contributed by atoms with Gasteiger partial charge in [0.25, 0.3) is 0 Å². The van der Waals surface area contributed by atoms with Crippen LogP contribution in [0.1, 0.15) is 35.8 Å². The van der Waals surface area contributed by atoms with E-state index >= 15 is 0 Å². The van der Waals surface area contributed by atoms with Gasteiger partial charge in [-0.15, -0.1) is 5.10 Å². The standard InChI is InChI=1S/C24H22N6O/c1-13-3-8-20(29-28-13)19-10-7-17(14(2)27-19)23-22(15-4-5-15)24(31)30(23)16-6-9-18-21(11-16)26-12-25-18/h3,6-12,15,22-23H,4-5H2,1-2H3,(H,25,26)/t22-,23+/m0/s1.